The number of oxazole rings is 2. The van der Waals surface area contributed by atoms with Crippen LogP contribution in [-0.2, 0) is 0 Å². The van der Waals surface area contributed by atoms with Gasteiger partial charge in [-0.15, -0.1) is 0 Å². The van der Waals surface area contributed by atoms with Crippen molar-refractivity contribution in [2.24, 2.45) is 0 Å². The van der Waals surface area contributed by atoms with Crippen LogP contribution in [0.25, 0.3) is 94.9 Å². The number of benzene rings is 7. The molecule has 3 aromatic heterocycles. The van der Waals surface area contributed by atoms with Crippen LogP contribution in [0.3, 0.4) is 0 Å². The fourth-order valence-electron chi connectivity index (χ4n) is 6.97. The standard InChI is InChI=1S/C45H26N4O2/c46-27-28-11-17-35(18-12-28)49-40-21-15-33(44-47-38-19-13-31(25-42(38)50-44)29-7-3-1-4-8-29)23-36(40)37-24-34(16-22-41(37)49)45-48-39-20-14-32(26-43(39)51-45)30-9-5-2-6-10-30/h1-26H. The second kappa shape index (κ2) is 11.4. The molecule has 6 nitrogen and oxygen atoms in total. The molecule has 0 atom stereocenters. The number of aromatic nitrogens is 3. The quantitative estimate of drug-likeness (QED) is 0.184. The zero-order valence-electron chi connectivity index (χ0n) is 27.1. The Morgan fingerprint density at radius 3 is 1.39 bits per heavy atom. The van der Waals surface area contributed by atoms with Gasteiger partial charge >= 0.3 is 0 Å². The Hall–Kier alpha value is -7.23. The summed E-state index contributed by atoms with van der Waals surface area (Å²) >= 11 is 0. The van der Waals surface area contributed by atoms with Crippen molar-refractivity contribution in [1.29, 1.82) is 5.26 Å². The molecule has 0 spiro atoms. The minimum Gasteiger partial charge on any atom is -0.436 e. The first-order valence-electron chi connectivity index (χ1n) is 16.7. The van der Waals surface area contributed by atoms with Gasteiger partial charge in [0.1, 0.15) is 11.0 Å². The zero-order chi connectivity index (χ0) is 33.9. The summed E-state index contributed by atoms with van der Waals surface area (Å²) in [5, 5.41) is 11.5. The molecule has 6 heteroatoms. The van der Waals surface area contributed by atoms with E-state index in [2.05, 4.69) is 83.4 Å². The van der Waals surface area contributed by atoms with E-state index in [1.54, 1.807) is 0 Å². The predicted octanol–water partition coefficient (Wildman–Crippen LogP) is 11.6. The minimum absolute atomic E-state index is 0.556. The lowest BCUT2D eigenvalue weighted by Gasteiger charge is -2.08. The number of hydrogen-bond acceptors (Lipinski definition) is 5. The third-order valence-electron chi connectivity index (χ3n) is 9.50. The molecule has 0 N–H and O–H groups in total. The van der Waals surface area contributed by atoms with E-state index < -0.39 is 0 Å². The van der Waals surface area contributed by atoms with E-state index in [-0.39, 0.29) is 0 Å². The van der Waals surface area contributed by atoms with Gasteiger partial charge in [-0.25, -0.2) is 9.97 Å². The number of rotatable bonds is 5. The van der Waals surface area contributed by atoms with Gasteiger partial charge in [-0.1, -0.05) is 72.8 Å². The van der Waals surface area contributed by atoms with E-state index in [9.17, 15) is 5.26 Å². The lowest BCUT2D eigenvalue weighted by molar-refractivity contribution is 0.619. The molecule has 0 radical (unpaired) electrons. The average molecular weight is 655 g/mol. The molecule has 0 aliphatic heterocycles. The van der Waals surface area contributed by atoms with Crippen LogP contribution >= 0.6 is 0 Å². The SMILES string of the molecule is N#Cc1ccc(-n2c3ccc(-c4nc5ccc(-c6ccccc6)cc5o4)cc3c3cc(-c4nc5ccc(-c6ccccc6)cc5o4)ccc32)cc1. The van der Waals surface area contributed by atoms with Crippen molar-refractivity contribution in [1.82, 2.24) is 14.5 Å². The van der Waals surface area contributed by atoms with E-state index in [4.69, 9.17) is 18.8 Å². The van der Waals surface area contributed by atoms with Crippen LogP contribution < -0.4 is 0 Å². The Morgan fingerprint density at radius 1 is 0.451 bits per heavy atom. The van der Waals surface area contributed by atoms with Gasteiger partial charge in [-0.05, 0) is 107 Å². The second-order valence-electron chi connectivity index (χ2n) is 12.6. The molecule has 10 rings (SSSR count). The van der Waals surface area contributed by atoms with Crippen molar-refractivity contribution in [2.75, 3.05) is 0 Å². The molecule has 3 heterocycles. The van der Waals surface area contributed by atoms with Crippen molar-refractivity contribution >= 4 is 44.0 Å². The largest absolute Gasteiger partial charge is 0.436 e. The van der Waals surface area contributed by atoms with Gasteiger partial charge in [0.2, 0.25) is 11.8 Å². The first kappa shape index (κ1) is 28.8. The Bertz CT molecular complexity index is 2790. The van der Waals surface area contributed by atoms with Crippen LogP contribution in [0.5, 0.6) is 0 Å². The topological polar surface area (TPSA) is 80.8 Å². The number of fused-ring (bicyclic) bond motifs is 5. The Labute approximate surface area is 292 Å². The Morgan fingerprint density at radius 2 is 0.922 bits per heavy atom. The van der Waals surface area contributed by atoms with Crippen molar-refractivity contribution in [3.05, 3.63) is 163 Å². The van der Waals surface area contributed by atoms with Gasteiger partial charge in [0.25, 0.3) is 0 Å². The molecule has 0 bridgehead atoms. The van der Waals surface area contributed by atoms with E-state index in [1.165, 1.54) is 0 Å². The highest BCUT2D eigenvalue weighted by molar-refractivity contribution is 6.11. The molecule has 0 saturated heterocycles. The Balaban J connectivity index is 1.12. The fraction of sp³-hybridized carbons (Fsp3) is 0. The first-order chi connectivity index (χ1) is 25.2. The molecule has 51 heavy (non-hydrogen) atoms. The summed E-state index contributed by atoms with van der Waals surface area (Å²) < 4.78 is 15.0. The summed E-state index contributed by atoms with van der Waals surface area (Å²) in [6, 6.07) is 55.3. The Kier molecular flexibility index (Phi) is 6.45. The molecule has 0 aliphatic rings. The van der Waals surface area contributed by atoms with Gasteiger partial charge < -0.3 is 13.4 Å². The van der Waals surface area contributed by atoms with Crippen molar-refractivity contribution < 1.29 is 8.83 Å². The minimum atomic E-state index is 0.556. The molecule has 7 aromatic carbocycles. The van der Waals surface area contributed by atoms with Crippen LogP contribution in [0.15, 0.2) is 167 Å². The lowest BCUT2D eigenvalue weighted by Crippen LogP contribution is -1.94. The summed E-state index contributed by atoms with van der Waals surface area (Å²) in [6.07, 6.45) is 0. The lowest BCUT2D eigenvalue weighted by atomic mass is 10.1. The van der Waals surface area contributed by atoms with Crippen LogP contribution in [0.4, 0.5) is 0 Å². The second-order valence-corrected chi connectivity index (χ2v) is 12.6. The maximum atomic E-state index is 9.44. The molecular formula is C45H26N4O2. The van der Waals surface area contributed by atoms with Crippen LogP contribution in [0.1, 0.15) is 5.56 Å². The van der Waals surface area contributed by atoms with E-state index in [1.807, 2.05) is 84.9 Å². The predicted molar refractivity (Wildman–Crippen MR) is 202 cm³/mol. The highest BCUT2D eigenvalue weighted by Crippen LogP contribution is 2.38. The molecule has 238 valence electrons. The van der Waals surface area contributed by atoms with Gasteiger partial charge in [0.05, 0.1) is 22.7 Å². The third kappa shape index (κ3) is 4.87. The monoisotopic (exact) mass is 654 g/mol. The van der Waals surface area contributed by atoms with Crippen LogP contribution in [0.2, 0.25) is 0 Å². The maximum absolute atomic E-state index is 9.44. The highest BCUT2D eigenvalue weighted by atomic mass is 16.4. The van der Waals surface area contributed by atoms with Gasteiger partial charge in [0.15, 0.2) is 11.2 Å². The van der Waals surface area contributed by atoms with Gasteiger partial charge in [-0.2, -0.15) is 5.26 Å². The molecule has 0 amide bonds. The molecule has 0 unspecified atom stereocenters. The van der Waals surface area contributed by atoms with E-state index >= 15 is 0 Å². The third-order valence-corrected chi connectivity index (χ3v) is 9.50. The summed E-state index contributed by atoms with van der Waals surface area (Å²) in [7, 11) is 0. The molecule has 0 fully saturated rings. The van der Waals surface area contributed by atoms with Crippen LogP contribution in [0, 0.1) is 11.3 Å². The molecule has 0 aliphatic carbocycles. The summed E-state index contributed by atoms with van der Waals surface area (Å²) in [5.74, 6) is 1.11. The van der Waals surface area contributed by atoms with Gasteiger partial charge in [-0.3, -0.25) is 0 Å². The number of nitriles is 1. The molecule has 0 saturated carbocycles. The molecule has 10 aromatic rings. The summed E-state index contributed by atoms with van der Waals surface area (Å²) in [4.78, 5) is 9.76. The highest BCUT2D eigenvalue weighted by Gasteiger charge is 2.18. The maximum Gasteiger partial charge on any atom is 0.227 e. The van der Waals surface area contributed by atoms with Crippen molar-refractivity contribution in [3.63, 3.8) is 0 Å². The van der Waals surface area contributed by atoms with E-state index in [0.29, 0.717) is 17.3 Å². The van der Waals surface area contributed by atoms with Crippen LogP contribution in [-0.4, -0.2) is 14.5 Å². The zero-order valence-corrected chi connectivity index (χ0v) is 27.1. The van der Waals surface area contributed by atoms with Gasteiger partial charge in [0, 0.05) is 27.6 Å². The molecular weight excluding hydrogens is 629 g/mol. The summed E-state index contributed by atoms with van der Waals surface area (Å²) in [5.41, 5.74) is 12.8. The first-order valence-corrected chi connectivity index (χ1v) is 16.7. The normalized spacial score (nSPS) is 11.5. The van der Waals surface area contributed by atoms with Crippen molar-refractivity contribution in [2.45, 2.75) is 0 Å². The van der Waals surface area contributed by atoms with E-state index in [0.717, 1.165) is 83.1 Å². The number of nitrogens with zero attached hydrogens (tertiary/aromatic N) is 4. The number of hydrogen-bond donors (Lipinski definition) is 0. The fourth-order valence-corrected chi connectivity index (χ4v) is 6.97. The van der Waals surface area contributed by atoms with Crippen molar-refractivity contribution in [3.8, 4) is 56.9 Å². The summed E-state index contributed by atoms with van der Waals surface area (Å²) in [6.45, 7) is 0. The average Bonchev–Trinajstić information content (AvgIpc) is 3.91. The smallest absolute Gasteiger partial charge is 0.227 e.